The van der Waals surface area contributed by atoms with Crippen LogP contribution in [0.15, 0.2) is 36.7 Å². The highest BCUT2D eigenvalue weighted by Gasteiger charge is 2.03. The largest absolute Gasteiger partial charge is 0.240 e. The van der Waals surface area contributed by atoms with Gasteiger partial charge in [-0.05, 0) is 34.2 Å². The van der Waals surface area contributed by atoms with Crippen LogP contribution in [0.3, 0.4) is 0 Å². The molecule has 0 unspecified atom stereocenters. The molecule has 0 aliphatic carbocycles. The summed E-state index contributed by atoms with van der Waals surface area (Å²) in [4.78, 5) is 0. The quantitative estimate of drug-likeness (QED) is 0.591. The first-order chi connectivity index (χ1) is 6.81. The van der Waals surface area contributed by atoms with Crippen molar-refractivity contribution in [1.82, 2.24) is 9.78 Å². The average Bonchev–Trinajstić information content (AvgIpc) is 2.65. The topological polar surface area (TPSA) is 17.8 Å². The van der Waals surface area contributed by atoms with E-state index in [1.807, 2.05) is 29.2 Å². The van der Waals surface area contributed by atoms with Crippen molar-refractivity contribution in [2.24, 2.45) is 0 Å². The van der Waals surface area contributed by atoms with Crippen molar-refractivity contribution in [3.05, 3.63) is 45.8 Å². The van der Waals surface area contributed by atoms with Gasteiger partial charge in [0.15, 0.2) is 0 Å². The van der Waals surface area contributed by atoms with Gasteiger partial charge in [-0.25, -0.2) is 4.68 Å². The first-order valence-electron chi connectivity index (χ1n) is 4.15. The van der Waals surface area contributed by atoms with Gasteiger partial charge in [-0.1, -0.05) is 34.1 Å². The molecule has 14 heavy (non-hydrogen) atoms. The summed E-state index contributed by atoms with van der Waals surface area (Å²) in [5, 5.41) is 5.13. The second-order valence-electron chi connectivity index (χ2n) is 2.87. The third-order valence-corrected chi connectivity index (χ3v) is 3.09. The molecule has 0 amide bonds. The summed E-state index contributed by atoms with van der Waals surface area (Å²) in [6.45, 7) is 0. The highest BCUT2D eigenvalue weighted by Crippen LogP contribution is 2.17. The summed E-state index contributed by atoms with van der Waals surface area (Å²) < 4.78 is 3.05. The number of alkyl halides is 1. The predicted molar refractivity (Wildman–Crippen MR) is 68.9 cm³/mol. The number of halogens is 2. The Morgan fingerprint density at radius 2 is 2.14 bits per heavy atom. The van der Waals surface area contributed by atoms with Crippen molar-refractivity contribution >= 4 is 38.5 Å². The third kappa shape index (κ3) is 2.00. The van der Waals surface area contributed by atoms with Gasteiger partial charge in [0.2, 0.25) is 0 Å². The molecule has 0 fully saturated rings. The van der Waals surface area contributed by atoms with E-state index in [4.69, 9.17) is 0 Å². The van der Waals surface area contributed by atoms with Crippen molar-refractivity contribution in [3.63, 3.8) is 0 Å². The molecular formula is C10H8BrIN2. The molecule has 0 aliphatic rings. The Labute approximate surface area is 105 Å². The lowest BCUT2D eigenvalue weighted by molar-refractivity contribution is 0.872. The van der Waals surface area contributed by atoms with Crippen molar-refractivity contribution in [2.45, 2.75) is 5.33 Å². The van der Waals surface area contributed by atoms with E-state index in [1.165, 1.54) is 5.56 Å². The normalized spacial score (nSPS) is 10.4. The number of nitrogens with zero attached hydrogens (tertiary/aromatic N) is 2. The maximum Gasteiger partial charge on any atom is 0.0686 e. The molecule has 1 heterocycles. The molecule has 0 radical (unpaired) electrons. The molecule has 0 aliphatic heterocycles. The van der Waals surface area contributed by atoms with Crippen LogP contribution < -0.4 is 0 Å². The number of hydrogen-bond acceptors (Lipinski definition) is 1. The highest BCUT2D eigenvalue weighted by atomic mass is 127. The van der Waals surface area contributed by atoms with Gasteiger partial charge in [0, 0.05) is 11.5 Å². The van der Waals surface area contributed by atoms with E-state index in [2.05, 4.69) is 55.8 Å². The van der Waals surface area contributed by atoms with Gasteiger partial charge in [0.25, 0.3) is 0 Å². The summed E-state index contributed by atoms with van der Waals surface area (Å²) >= 11 is 5.73. The molecule has 1 aromatic carbocycles. The number of aromatic nitrogens is 2. The van der Waals surface area contributed by atoms with Gasteiger partial charge >= 0.3 is 0 Å². The first kappa shape index (κ1) is 10.2. The van der Waals surface area contributed by atoms with Crippen LogP contribution >= 0.6 is 38.5 Å². The standard InChI is InChI=1S/C10H8BrIN2/c11-5-8-3-1-2-4-10(8)14-7-9(12)6-13-14/h1-4,6-7H,5H2. The van der Waals surface area contributed by atoms with Crippen LogP contribution in [0.1, 0.15) is 5.56 Å². The second kappa shape index (κ2) is 4.44. The van der Waals surface area contributed by atoms with Gasteiger partial charge < -0.3 is 0 Å². The zero-order chi connectivity index (χ0) is 9.97. The van der Waals surface area contributed by atoms with Crippen LogP contribution in [-0.4, -0.2) is 9.78 Å². The van der Waals surface area contributed by atoms with Gasteiger partial charge in [0.1, 0.15) is 0 Å². The van der Waals surface area contributed by atoms with Crippen LogP contribution in [0, 0.1) is 3.57 Å². The van der Waals surface area contributed by atoms with E-state index < -0.39 is 0 Å². The lowest BCUT2D eigenvalue weighted by atomic mass is 10.2. The zero-order valence-electron chi connectivity index (χ0n) is 7.32. The average molecular weight is 363 g/mol. The summed E-state index contributed by atoms with van der Waals surface area (Å²) in [7, 11) is 0. The molecule has 0 saturated carbocycles. The number of hydrogen-bond donors (Lipinski definition) is 0. The lowest BCUT2D eigenvalue weighted by Crippen LogP contribution is -1.97. The number of rotatable bonds is 2. The molecular weight excluding hydrogens is 355 g/mol. The molecule has 2 rings (SSSR count). The SMILES string of the molecule is BrCc1ccccc1-n1cc(I)cn1. The molecule has 72 valence electrons. The molecule has 0 saturated heterocycles. The van der Waals surface area contributed by atoms with E-state index in [1.54, 1.807) is 0 Å². The molecule has 2 aromatic rings. The Morgan fingerprint density at radius 1 is 1.36 bits per heavy atom. The zero-order valence-corrected chi connectivity index (χ0v) is 11.1. The smallest absolute Gasteiger partial charge is 0.0686 e. The predicted octanol–water partition coefficient (Wildman–Crippen LogP) is 3.37. The highest BCUT2D eigenvalue weighted by molar-refractivity contribution is 14.1. The minimum atomic E-state index is 0.847. The van der Waals surface area contributed by atoms with Crippen molar-refractivity contribution in [1.29, 1.82) is 0 Å². The van der Waals surface area contributed by atoms with Gasteiger partial charge in [-0.15, -0.1) is 0 Å². The van der Waals surface area contributed by atoms with Crippen molar-refractivity contribution < 1.29 is 0 Å². The molecule has 0 spiro atoms. The minimum Gasteiger partial charge on any atom is -0.240 e. The number of para-hydroxylation sites is 1. The molecule has 0 bridgehead atoms. The van der Waals surface area contributed by atoms with E-state index in [9.17, 15) is 0 Å². The summed E-state index contributed by atoms with van der Waals surface area (Å²) in [5.41, 5.74) is 2.37. The first-order valence-corrected chi connectivity index (χ1v) is 6.35. The van der Waals surface area contributed by atoms with Crippen LogP contribution in [-0.2, 0) is 5.33 Å². The Morgan fingerprint density at radius 3 is 2.79 bits per heavy atom. The maximum atomic E-state index is 4.28. The van der Waals surface area contributed by atoms with Crippen molar-refractivity contribution in [3.8, 4) is 5.69 Å². The molecule has 0 atom stereocenters. The number of benzene rings is 1. The third-order valence-electron chi connectivity index (χ3n) is 1.93. The van der Waals surface area contributed by atoms with E-state index in [0.717, 1.165) is 14.6 Å². The molecule has 4 heteroatoms. The van der Waals surface area contributed by atoms with E-state index in [0.29, 0.717) is 0 Å². The fourth-order valence-corrected chi connectivity index (χ4v) is 2.14. The van der Waals surface area contributed by atoms with E-state index >= 15 is 0 Å². The summed E-state index contributed by atoms with van der Waals surface area (Å²) in [5.74, 6) is 0. The Hall–Kier alpha value is -0.360. The van der Waals surface area contributed by atoms with E-state index in [-0.39, 0.29) is 0 Å². The molecule has 2 nitrogen and oxygen atoms in total. The van der Waals surface area contributed by atoms with Crippen molar-refractivity contribution in [2.75, 3.05) is 0 Å². The Kier molecular flexibility index (Phi) is 3.22. The van der Waals surface area contributed by atoms with Gasteiger partial charge in [-0.3, -0.25) is 0 Å². The van der Waals surface area contributed by atoms with Gasteiger partial charge in [-0.2, -0.15) is 5.10 Å². The summed E-state index contributed by atoms with van der Waals surface area (Å²) in [6.07, 6.45) is 3.87. The minimum absolute atomic E-state index is 0.847. The fourth-order valence-electron chi connectivity index (χ4n) is 1.28. The Balaban J connectivity index is 2.50. The lowest BCUT2D eigenvalue weighted by Gasteiger charge is -2.05. The van der Waals surface area contributed by atoms with Crippen LogP contribution in [0.5, 0.6) is 0 Å². The van der Waals surface area contributed by atoms with Gasteiger partial charge in [0.05, 0.1) is 15.5 Å². The molecule has 1 aromatic heterocycles. The Bertz CT molecular complexity index is 439. The summed E-state index contributed by atoms with van der Waals surface area (Å²) in [6, 6.07) is 8.23. The van der Waals surface area contributed by atoms with Crippen LogP contribution in [0.25, 0.3) is 5.69 Å². The monoisotopic (exact) mass is 362 g/mol. The van der Waals surface area contributed by atoms with Crippen LogP contribution in [0.4, 0.5) is 0 Å². The second-order valence-corrected chi connectivity index (χ2v) is 4.67. The maximum absolute atomic E-state index is 4.28. The van der Waals surface area contributed by atoms with Crippen LogP contribution in [0.2, 0.25) is 0 Å². The fraction of sp³-hybridized carbons (Fsp3) is 0.100. The molecule has 0 N–H and O–H groups in total.